The van der Waals surface area contributed by atoms with Crippen LogP contribution in [0, 0.1) is 0 Å². The van der Waals surface area contributed by atoms with E-state index >= 15 is 0 Å². The molecule has 0 aliphatic carbocycles. The number of nitrogens with zero attached hydrogens (tertiary/aromatic N) is 3. The van der Waals surface area contributed by atoms with Crippen molar-refractivity contribution in [2.75, 3.05) is 38.5 Å². The average Bonchev–Trinajstić information content (AvgIpc) is 2.71. The summed E-state index contributed by atoms with van der Waals surface area (Å²) < 4.78 is 0. The van der Waals surface area contributed by atoms with Crippen molar-refractivity contribution in [3.05, 3.63) is 42.1 Å². The summed E-state index contributed by atoms with van der Waals surface area (Å²) in [6.07, 6.45) is 4.32. The summed E-state index contributed by atoms with van der Waals surface area (Å²) in [5.41, 5.74) is 1.49. The Morgan fingerprint density at radius 2 is 2.11 bits per heavy atom. The van der Waals surface area contributed by atoms with Gasteiger partial charge in [0.25, 0.3) is 5.91 Å². The van der Waals surface area contributed by atoms with Gasteiger partial charge in [0.05, 0.1) is 6.10 Å². The number of aromatic nitrogens is 2. The fraction of sp³-hybridized carbons (Fsp3) is 0.450. The Morgan fingerprint density at radius 3 is 2.85 bits per heavy atom. The van der Waals surface area contributed by atoms with E-state index in [9.17, 15) is 9.90 Å². The standard InChI is InChI=1S/C20H27N5O2/c1-21-18-9-11-22-19(24-18)15-5-7-16(8-6-15)20(27)23-10-3-13-25-12-2-4-17(26)14-25/h5-9,11,17,26H,2-4,10,12-14H2,1H3,(H,23,27)(H,21,22,24)/t17-/m0/s1. The van der Waals surface area contributed by atoms with Crippen LogP contribution in [0.25, 0.3) is 11.4 Å². The van der Waals surface area contributed by atoms with E-state index in [4.69, 9.17) is 0 Å². The number of piperidine rings is 1. The van der Waals surface area contributed by atoms with E-state index in [0.29, 0.717) is 17.9 Å². The molecular weight excluding hydrogens is 342 g/mol. The Hall–Kier alpha value is -2.51. The van der Waals surface area contributed by atoms with Crippen LogP contribution in [0.15, 0.2) is 36.5 Å². The van der Waals surface area contributed by atoms with Crippen LogP contribution < -0.4 is 10.6 Å². The van der Waals surface area contributed by atoms with Crippen LogP contribution in [0.3, 0.4) is 0 Å². The molecule has 1 aliphatic heterocycles. The molecule has 1 atom stereocenters. The quantitative estimate of drug-likeness (QED) is 0.645. The van der Waals surface area contributed by atoms with E-state index in [-0.39, 0.29) is 12.0 Å². The summed E-state index contributed by atoms with van der Waals surface area (Å²) >= 11 is 0. The smallest absolute Gasteiger partial charge is 0.251 e. The molecule has 0 radical (unpaired) electrons. The zero-order valence-electron chi connectivity index (χ0n) is 15.7. The summed E-state index contributed by atoms with van der Waals surface area (Å²) in [7, 11) is 1.81. The molecule has 1 saturated heterocycles. The summed E-state index contributed by atoms with van der Waals surface area (Å²) in [4.78, 5) is 23.2. The van der Waals surface area contributed by atoms with Gasteiger partial charge in [-0.15, -0.1) is 0 Å². The largest absolute Gasteiger partial charge is 0.392 e. The molecule has 7 nitrogen and oxygen atoms in total. The summed E-state index contributed by atoms with van der Waals surface area (Å²) in [5.74, 6) is 1.30. The predicted octanol–water partition coefficient (Wildman–Crippen LogP) is 1.76. The topological polar surface area (TPSA) is 90.4 Å². The Bertz CT molecular complexity index is 750. The van der Waals surface area contributed by atoms with Crippen LogP contribution in [0.4, 0.5) is 5.82 Å². The monoisotopic (exact) mass is 369 g/mol. The second kappa shape index (κ2) is 9.43. The third-order valence-corrected chi connectivity index (χ3v) is 4.73. The fourth-order valence-corrected chi connectivity index (χ4v) is 3.25. The van der Waals surface area contributed by atoms with E-state index in [0.717, 1.165) is 50.3 Å². The van der Waals surface area contributed by atoms with Crippen molar-refractivity contribution >= 4 is 11.7 Å². The highest BCUT2D eigenvalue weighted by Crippen LogP contribution is 2.17. The molecular formula is C20H27N5O2. The minimum atomic E-state index is -0.204. The van der Waals surface area contributed by atoms with Gasteiger partial charge in [-0.2, -0.15) is 0 Å². The number of rotatable bonds is 7. The van der Waals surface area contributed by atoms with Crippen LogP contribution in [0.1, 0.15) is 29.6 Å². The summed E-state index contributed by atoms with van der Waals surface area (Å²) in [6.45, 7) is 3.30. The Labute approximate surface area is 159 Å². The summed E-state index contributed by atoms with van der Waals surface area (Å²) in [6, 6.07) is 9.11. The van der Waals surface area contributed by atoms with Crippen LogP contribution in [-0.4, -0.2) is 65.2 Å². The van der Waals surface area contributed by atoms with E-state index in [2.05, 4.69) is 25.5 Å². The van der Waals surface area contributed by atoms with Crippen molar-refractivity contribution < 1.29 is 9.90 Å². The number of hydrogen-bond donors (Lipinski definition) is 3. The maximum absolute atomic E-state index is 12.3. The highest BCUT2D eigenvalue weighted by atomic mass is 16.3. The lowest BCUT2D eigenvalue weighted by molar-refractivity contribution is 0.0697. The molecule has 1 aromatic carbocycles. The zero-order valence-corrected chi connectivity index (χ0v) is 15.7. The number of carbonyl (C=O) groups excluding carboxylic acids is 1. The Morgan fingerprint density at radius 1 is 1.30 bits per heavy atom. The average molecular weight is 369 g/mol. The highest BCUT2D eigenvalue weighted by Gasteiger charge is 2.16. The molecule has 3 N–H and O–H groups in total. The molecule has 0 unspecified atom stereocenters. The molecule has 0 spiro atoms. The minimum absolute atomic E-state index is 0.0786. The number of aliphatic hydroxyl groups is 1. The number of anilines is 1. The fourth-order valence-electron chi connectivity index (χ4n) is 3.25. The SMILES string of the molecule is CNc1ccnc(-c2ccc(C(=O)NCCCN3CCC[C@H](O)C3)cc2)n1. The first kappa shape index (κ1) is 19.3. The molecule has 27 heavy (non-hydrogen) atoms. The van der Waals surface area contributed by atoms with Crippen LogP contribution >= 0.6 is 0 Å². The van der Waals surface area contributed by atoms with Crippen molar-refractivity contribution in [3.8, 4) is 11.4 Å². The number of β-amino-alcohol motifs (C(OH)–C–C–N with tert-alkyl or cyclic N) is 1. The number of amides is 1. The highest BCUT2D eigenvalue weighted by molar-refractivity contribution is 5.94. The van der Waals surface area contributed by atoms with Gasteiger partial charge in [-0.3, -0.25) is 4.79 Å². The van der Waals surface area contributed by atoms with Gasteiger partial charge in [0, 0.05) is 37.5 Å². The first-order chi connectivity index (χ1) is 13.2. The van der Waals surface area contributed by atoms with Crippen molar-refractivity contribution in [2.24, 2.45) is 0 Å². The second-order valence-corrected chi connectivity index (χ2v) is 6.80. The third-order valence-electron chi connectivity index (χ3n) is 4.73. The van der Waals surface area contributed by atoms with Gasteiger partial charge in [0.1, 0.15) is 5.82 Å². The lowest BCUT2D eigenvalue weighted by atomic mass is 10.1. The second-order valence-electron chi connectivity index (χ2n) is 6.80. The van der Waals surface area contributed by atoms with Gasteiger partial charge < -0.3 is 20.6 Å². The number of carbonyl (C=O) groups is 1. The maximum atomic E-state index is 12.3. The van der Waals surface area contributed by atoms with Crippen molar-refractivity contribution in [2.45, 2.75) is 25.4 Å². The first-order valence-electron chi connectivity index (χ1n) is 9.45. The lowest BCUT2D eigenvalue weighted by Crippen LogP contribution is -2.39. The van der Waals surface area contributed by atoms with Gasteiger partial charge in [-0.05, 0) is 50.6 Å². The van der Waals surface area contributed by atoms with Gasteiger partial charge in [-0.25, -0.2) is 9.97 Å². The molecule has 2 aromatic rings. The van der Waals surface area contributed by atoms with Crippen molar-refractivity contribution in [1.82, 2.24) is 20.2 Å². The minimum Gasteiger partial charge on any atom is -0.392 e. The van der Waals surface area contributed by atoms with Crippen LogP contribution in [-0.2, 0) is 0 Å². The molecule has 144 valence electrons. The van der Waals surface area contributed by atoms with E-state index in [1.54, 1.807) is 24.4 Å². The molecule has 0 saturated carbocycles. The van der Waals surface area contributed by atoms with Gasteiger partial charge in [0.15, 0.2) is 5.82 Å². The zero-order chi connectivity index (χ0) is 19.1. The van der Waals surface area contributed by atoms with E-state index in [1.165, 1.54) is 0 Å². The number of nitrogens with one attached hydrogen (secondary N) is 2. The van der Waals surface area contributed by atoms with Gasteiger partial charge in [0.2, 0.25) is 0 Å². The van der Waals surface area contributed by atoms with Gasteiger partial charge >= 0.3 is 0 Å². The number of likely N-dealkylation sites (tertiary alicyclic amines) is 1. The molecule has 7 heteroatoms. The number of aliphatic hydroxyl groups excluding tert-OH is 1. The van der Waals surface area contributed by atoms with Crippen LogP contribution in [0.2, 0.25) is 0 Å². The first-order valence-corrected chi connectivity index (χ1v) is 9.45. The third kappa shape index (κ3) is 5.48. The number of benzene rings is 1. The molecule has 1 aromatic heterocycles. The molecule has 1 amide bonds. The maximum Gasteiger partial charge on any atom is 0.251 e. The van der Waals surface area contributed by atoms with Gasteiger partial charge in [-0.1, -0.05) is 12.1 Å². The Balaban J connectivity index is 1.47. The summed E-state index contributed by atoms with van der Waals surface area (Å²) in [5, 5.41) is 15.6. The predicted molar refractivity (Wildman–Crippen MR) is 106 cm³/mol. The van der Waals surface area contributed by atoms with E-state index in [1.807, 2.05) is 19.2 Å². The van der Waals surface area contributed by atoms with E-state index < -0.39 is 0 Å². The van der Waals surface area contributed by atoms with Crippen molar-refractivity contribution in [3.63, 3.8) is 0 Å². The molecule has 0 bridgehead atoms. The van der Waals surface area contributed by atoms with Crippen molar-refractivity contribution in [1.29, 1.82) is 0 Å². The normalized spacial score (nSPS) is 17.5. The molecule has 3 rings (SSSR count). The lowest BCUT2D eigenvalue weighted by Gasteiger charge is -2.29. The number of hydrogen-bond acceptors (Lipinski definition) is 6. The molecule has 2 heterocycles. The Kier molecular flexibility index (Phi) is 6.73. The molecule has 1 aliphatic rings. The molecule has 1 fully saturated rings. The van der Waals surface area contributed by atoms with Crippen LogP contribution in [0.5, 0.6) is 0 Å².